The Morgan fingerprint density at radius 1 is 1.09 bits per heavy atom. The van der Waals surface area contributed by atoms with Gasteiger partial charge in [0.25, 0.3) is 0 Å². The smallest absolute Gasteiger partial charge is 0.329 e. The van der Waals surface area contributed by atoms with Crippen molar-refractivity contribution in [2.24, 2.45) is 0 Å². The van der Waals surface area contributed by atoms with Crippen molar-refractivity contribution in [3.63, 3.8) is 0 Å². The zero-order valence-electron chi connectivity index (χ0n) is 17.3. The van der Waals surface area contributed by atoms with Crippen LogP contribution in [0.4, 0.5) is 11.5 Å². The molecule has 3 heterocycles. The number of anilines is 1. The van der Waals surface area contributed by atoms with Crippen LogP contribution in [-0.2, 0) is 9.84 Å². The summed E-state index contributed by atoms with van der Waals surface area (Å²) in [5, 5.41) is 11.6. The van der Waals surface area contributed by atoms with Crippen molar-refractivity contribution in [3.05, 3.63) is 65.0 Å². The first-order valence-corrected chi connectivity index (χ1v) is 11.8. The molecule has 2 aromatic heterocycles. The molecule has 1 aliphatic heterocycles. The second kappa shape index (κ2) is 8.87. The van der Waals surface area contributed by atoms with Gasteiger partial charge in [-0.05, 0) is 30.3 Å². The maximum absolute atomic E-state index is 11.7. The van der Waals surface area contributed by atoms with Crippen LogP contribution < -0.4 is 9.64 Å². The Kier molecular flexibility index (Phi) is 5.99. The Morgan fingerprint density at radius 3 is 2.41 bits per heavy atom. The summed E-state index contributed by atoms with van der Waals surface area (Å²) in [6.45, 7) is 1.06. The first-order chi connectivity index (χ1) is 15.3. The highest BCUT2D eigenvalue weighted by molar-refractivity contribution is 7.90. The van der Waals surface area contributed by atoms with Crippen LogP contribution in [0.3, 0.4) is 0 Å². The summed E-state index contributed by atoms with van der Waals surface area (Å²) in [5.74, 6) is 1.08. The highest BCUT2D eigenvalue weighted by Gasteiger charge is 2.28. The molecule has 11 heteroatoms. The van der Waals surface area contributed by atoms with E-state index in [0.29, 0.717) is 37.4 Å². The molecule has 166 valence electrons. The predicted molar refractivity (Wildman–Crippen MR) is 117 cm³/mol. The molecule has 0 amide bonds. The summed E-state index contributed by atoms with van der Waals surface area (Å²) >= 11 is 0. The van der Waals surface area contributed by atoms with Gasteiger partial charge in [0, 0.05) is 50.0 Å². The molecular formula is C21H21N5O5S. The third-order valence-electron chi connectivity index (χ3n) is 5.15. The molecule has 32 heavy (non-hydrogen) atoms. The molecule has 0 N–H and O–H groups in total. The number of piperidine rings is 1. The molecule has 0 unspecified atom stereocenters. The molecule has 1 saturated heterocycles. The topological polar surface area (TPSA) is 128 Å². The van der Waals surface area contributed by atoms with Gasteiger partial charge in [0.15, 0.2) is 15.7 Å². The van der Waals surface area contributed by atoms with Crippen LogP contribution in [0.2, 0.25) is 0 Å². The zero-order chi connectivity index (χ0) is 22.7. The van der Waals surface area contributed by atoms with Crippen LogP contribution in [0.15, 0.2) is 59.8 Å². The summed E-state index contributed by atoms with van der Waals surface area (Å²) in [6, 6.07) is 11.6. The molecule has 0 atom stereocenters. The van der Waals surface area contributed by atoms with E-state index in [-0.39, 0.29) is 28.3 Å². The number of ether oxygens (including phenoxy) is 1. The lowest BCUT2D eigenvalue weighted by atomic mass is 10.1. The average molecular weight is 455 g/mol. The number of pyridine rings is 1. The molecular weight excluding hydrogens is 434 g/mol. The Bertz CT molecular complexity index is 1210. The Labute approximate surface area is 185 Å². The van der Waals surface area contributed by atoms with E-state index in [2.05, 4.69) is 15.0 Å². The number of rotatable bonds is 6. The van der Waals surface area contributed by atoms with Crippen molar-refractivity contribution in [2.75, 3.05) is 24.2 Å². The van der Waals surface area contributed by atoms with Crippen LogP contribution in [0.5, 0.6) is 5.88 Å². The third-order valence-corrected chi connectivity index (χ3v) is 6.28. The predicted octanol–water partition coefficient (Wildman–Crippen LogP) is 2.90. The van der Waals surface area contributed by atoms with E-state index in [9.17, 15) is 18.5 Å². The minimum atomic E-state index is -3.33. The largest absolute Gasteiger partial charge is 0.474 e. The van der Waals surface area contributed by atoms with Gasteiger partial charge in [-0.2, -0.15) is 0 Å². The maximum atomic E-state index is 11.7. The zero-order valence-corrected chi connectivity index (χ0v) is 18.1. The summed E-state index contributed by atoms with van der Waals surface area (Å²) < 4.78 is 29.2. The van der Waals surface area contributed by atoms with Crippen molar-refractivity contribution < 1.29 is 18.1 Å². The number of hydrogen-bond acceptors (Lipinski definition) is 9. The van der Waals surface area contributed by atoms with Crippen LogP contribution in [0.25, 0.3) is 11.4 Å². The van der Waals surface area contributed by atoms with Crippen LogP contribution in [-0.4, -0.2) is 53.7 Å². The van der Waals surface area contributed by atoms with Gasteiger partial charge in [0.1, 0.15) is 12.3 Å². The molecule has 0 bridgehead atoms. The third kappa shape index (κ3) is 4.83. The Hall–Kier alpha value is -3.60. The van der Waals surface area contributed by atoms with E-state index < -0.39 is 14.8 Å². The van der Waals surface area contributed by atoms with Gasteiger partial charge in [-0.1, -0.05) is 6.07 Å². The number of sulfone groups is 1. The maximum Gasteiger partial charge on any atom is 0.329 e. The minimum absolute atomic E-state index is 0.0370. The van der Waals surface area contributed by atoms with Crippen molar-refractivity contribution in [3.8, 4) is 17.3 Å². The molecule has 10 nitrogen and oxygen atoms in total. The fourth-order valence-electron chi connectivity index (χ4n) is 3.49. The van der Waals surface area contributed by atoms with E-state index in [1.807, 2.05) is 17.0 Å². The number of nitro groups is 1. The molecule has 0 radical (unpaired) electrons. The Morgan fingerprint density at radius 2 is 1.81 bits per heavy atom. The standard InChI is InChI=1S/C21H21N5O5S/c1-32(29,30)17-7-5-15(6-8-17)20-23-14-18(26(27)28)21(24-20)25-12-9-16(10-13-25)31-19-4-2-3-11-22-19/h2-8,11,14,16H,9-10,12-13H2,1H3. The number of benzene rings is 1. The summed E-state index contributed by atoms with van der Waals surface area (Å²) in [4.78, 5) is 25.9. The number of nitrogens with zero attached hydrogens (tertiary/aromatic N) is 5. The van der Waals surface area contributed by atoms with Crippen LogP contribution in [0, 0.1) is 10.1 Å². The number of aromatic nitrogens is 3. The van der Waals surface area contributed by atoms with Crippen molar-refractivity contribution in [2.45, 2.75) is 23.8 Å². The summed E-state index contributed by atoms with van der Waals surface area (Å²) in [5.41, 5.74) is 0.396. The second-order valence-corrected chi connectivity index (χ2v) is 9.44. The summed E-state index contributed by atoms with van der Waals surface area (Å²) in [6.07, 6.45) is 5.28. The van der Waals surface area contributed by atoms with Crippen molar-refractivity contribution in [1.82, 2.24) is 15.0 Å². The Balaban J connectivity index is 1.55. The van der Waals surface area contributed by atoms with E-state index in [1.54, 1.807) is 24.4 Å². The molecule has 0 aliphatic carbocycles. The lowest BCUT2D eigenvalue weighted by Gasteiger charge is -2.32. The molecule has 4 rings (SSSR count). The molecule has 0 saturated carbocycles. The monoisotopic (exact) mass is 455 g/mol. The van der Waals surface area contributed by atoms with Crippen LogP contribution >= 0.6 is 0 Å². The SMILES string of the molecule is CS(=O)(=O)c1ccc(-c2ncc([N+](=O)[O-])c(N3CCC(Oc4ccccn4)CC3)n2)cc1. The first kappa shape index (κ1) is 21.6. The van der Waals surface area contributed by atoms with Gasteiger partial charge in [-0.3, -0.25) is 10.1 Å². The van der Waals surface area contributed by atoms with Gasteiger partial charge in [0.05, 0.1) is 9.82 Å². The molecule has 1 aromatic carbocycles. The van der Waals surface area contributed by atoms with Gasteiger partial charge >= 0.3 is 5.69 Å². The fourth-order valence-corrected chi connectivity index (χ4v) is 4.12. The average Bonchev–Trinajstić information content (AvgIpc) is 2.79. The molecule has 1 aliphatic rings. The van der Waals surface area contributed by atoms with Gasteiger partial charge in [-0.15, -0.1) is 0 Å². The van der Waals surface area contributed by atoms with Gasteiger partial charge < -0.3 is 9.64 Å². The lowest BCUT2D eigenvalue weighted by Crippen LogP contribution is -2.39. The second-order valence-electron chi connectivity index (χ2n) is 7.43. The number of hydrogen-bond donors (Lipinski definition) is 0. The normalized spacial score (nSPS) is 14.8. The molecule has 0 spiro atoms. The van der Waals surface area contributed by atoms with Crippen LogP contribution in [0.1, 0.15) is 12.8 Å². The highest BCUT2D eigenvalue weighted by atomic mass is 32.2. The van der Waals surface area contributed by atoms with E-state index in [0.717, 1.165) is 6.26 Å². The quantitative estimate of drug-likeness (QED) is 0.407. The van der Waals surface area contributed by atoms with Gasteiger partial charge in [-0.25, -0.2) is 23.4 Å². The molecule has 3 aromatic rings. The highest BCUT2D eigenvalue weighted by Crippen LogP contribution is 2.31. The fraction of sp³-hybridized carbons (Fsp3) is 0.286. The first-order valence-electron chi connectivity index (χ1n) is 9.96. The van der Waals surface area contributed by atoms with E-state index in [1.165, 1.54) is 18.3 Å². The van der Waals surface area contributed by atoms with E-state index in [4.69, 9.17) is 4.74 Å². The van der Waals surface area contributed by atoms with Gasteiger partial charge in [0.2, 0.25) is 11.7 Å². The van der Waals surface area contributed by atoms with Crippen molar-refractivity contribution in [1.29, 1.82) is 0 Å². The lowest BCUT2D eigenvalue weighted by molar-refractivity contribution is -0.384. The minimum Gasteiger partial charge on any atom is -0.474 e. The van der Waals surface area contributed by atoms with Crippen molar-refractivity contribution >= 4 is 21.3 Å². The van der Waals surface area contributed by atoms with E-state index >= 15 is 0 Å². The molecule has 1 fully saturated rings. The summed E-state index contributed by atoms with van der Waals surface area (Å²) in [7, 11) is -3.33.